The minimum absolute atomic E-state index is 0.367. The minimum atomic E-state index is -0.660. The molecule has 1 atom stereocenters. The van der Waals surface area contributed by atoms with Gasteiger partial charge in [-0.15, -0.1) is 0 Å². The first-order chi connectivity index (χ1) is 5.89. The number of unbranched alkanes of at least 4 members (excludes halogenated alkanes) is 1. The van der Waals surface area contributed by atoms with E-state index < -0.39 is 10.8 Å². The van der Waals surface area contributed by atoms with Crippen LogP contribution in [0.1, 0.15) is 33.6 Å². The maximum absolute atomic E-state index is 11.3. The van der Waals surface area contributed by atoms with Crippen molar-refractivity contribution in [2.75, 3.05) is 6.61 Å². The fraction of sp³-hybridized carbons (Fsp3) is 0.889. The lowest BCUT2D eigenvalue weighted by Crippen LogP contribution is -2.46. The first-order valence-corrected chi connectivity index (χ1v) is 4.99. The second-order valence-corrected chi connectivity index (χ2v) is 4.81. The number of hydrogen-bond acceptors (Lipinski definition) is 4. The number of carbonyl (C=O) groups is 1. The van der Waals surface area contributed by atoms with E-state index >= 15 is 0 Å². The molecule has 0 rings (SSSR count). The van der Waals surface area contributed by atoms with E-state index in [0.29, 0.717) is 6.61 Å². The molecule has 0 aromatic rings. The molecule has 0 bridgehead atoms. The number of nitrogens with two attached hydrogens (primary N) is 1. The van der Waals surface area contributed by atoms with Crippen LogP contribution in [0.15, 0.2) is 0 Å². The smallest absolute Gasteiger partial charge is 0.324 e. The maximum Gasteiger partial charge on any atom is 0.324 e. The third-order valence-corrected chi connectivity index (χ3v) is 2.04. The van der Waals surface area contributed by atoms with E-state index in [1.165, 1.54) is 0 Å². The first-order valence-electron chi connectivity index (χ1n) is 4.54. The molecule has 13 heavy (non-hydrogen) atoms. The Labute approximate surface area is 85.4 Å². The van der Waals surface area contributed by atoms with Crippen molar-refractivity contribution in [2.45, 2.75) is 44.4 Å². The maximum atomic E-state index is 11.3. The van der Waals surface area contributed by atoms with Crippen LogP contribution in [-0.2, 0) is 9.53 Å². The highest BCUT2D eigenvalue weighted by Gasteiger charge is 2.29. The zero-order valence-corrected chi connectivity index (χ0v) is 9.43. The van der Waals surface area contributed by atoms with Gasteiger partial charge < -0.3 is 10.5 Å². The Hall–Kier alpha value is -0.220. The molecular weight excluding hydrogens is 186 g/mol. The summed E-state index contributed by atoms with van der Waals surface area (Å²) in [4.78, 5) is 11.3. The summed E-state index contributed by atoms with van der Waals surface area (Å²) in [6.45, 7) is 6.08. The molecule has 0 aromatic heterocycles. The van der Waals surface area contributed by atoms with Crippen molar-refractivity contribution in [3.8, 4) is 0 Å². The van der Waals surface area contributed by atoms with Gasteiger partial charge in [0.25, 0.3) is 0 Å². The van der Waals surface area contributed by atoms with Gasteiger partial charge in [0.2, 0.25) is 0 Å². The van der Waals surface area contributed by atoms with Crippen LogP contribution in [0.25, 0.3) is 0 Å². The van der Waals surface area contributed by atoms with E-state index in [2.05, 4.69) is 12.6 Å². The summed E-state index contributed by atoms with van der Waals surface area (Å²) in [6.07, 6.45) is 1.89. The minimum Gasteiger partial charge on any atom is -0.464 e. The quantitative estimate of drug-likeness (QED) is 0.405. The molecule has 0 unspecified atom stereocenters. The SMILES string of the molecule is CCCCOC(=O)[C@@H](N)C(C)(C)S. The summed E-state index contributed by atoms with van der Waals surface area (Å²) < 4.78 is 4.43. The monoisotopic (exact) mass is 205 g/mol. The van der Waals surface area contributed by atoms with E-state index in [-0.39, 0.29) is 5.97 Å². The van der Waals surface area contributed by atoms with Crippen LogP contribution >= 0.6 is 12.6 Å². The summed E-state index contributed by atoms with van der Waals surface area (Å²) in [6, 6.07) is -0.660. The molecule has 3 nitrogen and oxygen atoms in total. The number of rotatable bonds is 5. The second-order valence-electron chi connectivity index (χ2n) is 3.65. The lowest BCUT2D eigenvalue weighted by atomic mass is 10.1. The Balaban J connectivity index is 3.84. The third-order valence-electron chi connectivity index (χ3n) is 1.76. The van der Waals surface area contributed by atoms with Crippen molar-refractivity contribution in [3.05, 3.63) is 0 Å². The summed E-state index contributed by atoms with van der Waals surface area (Å²) in [5.74, 6) is -0.367. The standard InChI is InChI=1S/C9H19NO2S/c1-4-5-6-12-8(11)7(10)9(2,3)13/h7,13H,4-6,10H2,1-3H3/t7-/m1/s1. The third kappa shape index (κ3) is 5.16. The van der Waals surface area contributed by atoms with Gasteiger partial charge in [0, 0.05) is 4.75 Å². The van der Waals surface area contributed by atoms with Crippen LogP contribution in [-0.4, -0.2) is 23.4 Å². The number of esters is 1. The molecule has 4 heteroatoms. The second kappa shape index (κ2) is 5.50. The van der Waals surface area contributed by atoms with Gasteiger partial charge >= 0.3 is 5.97 Å². The Morgan fingerprint density at radius 2 is 2.15 bits per heavy atom. The molecular formula is C9H19NO2S. The molecule has 0 fully saturated rings. The number of thiol groups is 1. The Morgan fingerprint density at radius 3 is 2.54 bits per heavy atom. The van der Waals surface area contributed by atoms with Gasteiger partial charge in [0.1, 0.15) is 6.04 Å². The lowest BCUT2D eigenvalue weighted by Gasteiger charge is -2.23. The molecule has 0 amide bonds. The molecule has 0 aliphatic rings. The van der Waals surface area contributed by atoms with E-state index in [9.17, 15) is 4.79 Å². The van der Waals surface area contributed by atoms with Crippen molar-refractivity contribution in [2.24, 2.45) is 5.73 Å². The van der Waals surface area contributed by atoms with Crippen molar-refractivity contribution in [1.82, 2.24) is 0 Å². The van der Waals surface area contributed by atoms with Gasteiger partial charge in [-0.05, 0) is 20.3 Å². The van der Waals surface area contributed by atoms with Gasteiger partial charge in [-0.25, -0.2) is 0 Å². The average Bonchev–Trinajstić information content (AvgIpc) is 2.01. The molecule has 0 radical (unpaired) electrons. The van der Waals surface area contributed by atoms with Crippen LogP contribution in [0.4, 0.5) is 0 Å². The van der Waals surface area contributed by atoms with Gasteiger partial charge in [-0.1, -0.05) is 13.3 Å². The normalized spacial score (nSPS) is 13.9. The molecule has 0 aliphatic carbocycles. The predicted octanol–water partition coefficient (Wildman–Crippen LogP) is 1.37. The molecule has 0 spiro atoms. The first kappa shape index (κ1) is 12.8. The van der Waals surface area contributed by atoms with Gasteiger partial charge in [0.15, 0.2) is 0 Å². The van der Waals surface area contributed by atoms with Crippen molar-refractivity contribution < 1.29 is 9.53 Å². The van der Waals surface area contributed by atoms with E-state index in [0.717, 1.165) is 12.8 Å². The number of ether oxygens (including phenoxy) is 1. The van der Waals surface area contributed by atoms with Crippen LogP contribution in [0.3, 0.4) is 0 Å². The van der Waals surface area contributed by atoms with Crippen molar-refractivity contribution >= 4 is 18.6 Å². The van der Waals surface area contributed by atoms with Gasteiger partial charge in [0.05, 0.1) is 6.61 Å². The lowest BCUT2D eigenvalue weighted by molar-refractivity contribution is -0.145. The summed E-state index contributed by atoms with van der Waals surface area (Å²) in [5.41, 5.74) is 5.63. The highest BCUT2D eigenvalue weighted by molar-refractivity contribution is 7.81. The van der Waals surface area contributed by atoms with Crippen molar-refractivity contribution in [3.63, 3.8) is 0 Å². The molecule has 0 saturated heterocycles. The van der Waals surface area contributed by atoms with Crippen LogP contribution < -0.4 is 5.73 Å². The fourth-order valence-electron chi connectivity index (χ4n) is 0.695. The summed E-state index contributed by atoms with van der Waals surface area (Å²) in [5, 5.41) is 0. The highest BCUT2D eigenvalue weighted by atomic mass is 32.1. The zero-order valence-electron chi connectivity index (χ0n) is 8.54. The predicted molar refractivity (Wildman–Crippen MR) is 56.9 cm³/mol. The van der Waals surface area contributed by atoms with E-state index in [4.69, 9.17) is 10.5 Å². The largest absolute Gasteiger partial charge is 0.464 e. The fourth-order valence-corrected chi connectivity index (χ4v) is 0.801. The summed E-state index contributed by atoms with van der Waals surface area (Å²) >= 11 is 4.21. The molecule has 2 N–H and O–H groups in total. The van der Waals surface area contributed by atoms with Crippen LogP contribution in [0, 0.1) is 0 Å². The molecule has 0 aromatic carbocycles. The van der Waals surface area contributed by atoms with E-state index in [1.54, 1.807) is 13.8 Å². The molecule has 0 heterocycles. The van der Waals surface area contributed by atoms with Crippen molar-refractivity contribution in [1.29, 1.82) is 0 Å². The van der Waals surface area contributed by atoms with Crippen LogP contribution in [0.2, 0.25) is 0 Å². The van der Waals surface area contributed by atoms with Gasteiger partial charge in [-0.2, -0.15) is 12.6 Å². The number of hydrogen-bond donors (Lipinski definition) is 2. The zero-order chi connectivity index (χ0) is 10.5. The average molecular weight is 205 g/mol. The topological polar surface area (TPSA) is 52.3 Å². The highest BCUT2D eigenvalue weighted by Crippen LogP contribution is 2.16. The molecule has 78 valence electrons. The Morgan fingerprint density at radius 1 is 1.62 bits per heavy atom. The van der Waals surface area contributed by atoms with Gasteiger partial charge in [-0.3, -0.25) is 4.79 Å². The van der Waals surface area contributed by atoms with E-state index in [1.807, 2.05) is 6.92 Å². The summed E-state index contributed by atoms with van der Waals surface area (Å²) in [7, 11) is 0. The Kier molecular flexibility index (Phi) is 5.40. The molecule has 0 saturated carbocycles. The van der Waals surface area contributed by atoms with Crippen LogP contribution in [0.5, 0.6) is 0 Å². The number of carbonyl (C=O) groups excluding carboxylic acids is 1. The molecule has 0 aliphatic heterocycles. The Bertz CT molecular complexity index is 165.